The van der Waals surface area contributed by atoms with Gasteiger partial charge >= 0.3 is 0 Å². The number of hydrogen-bond donors (Lipinski definition) is 1. The Morgan fingerprint density at radius 1 is 1.11 bits per heavy atom. The molecule has 1 aliphatic carbocycles. The van der Waals surface area contributed by atoms with E-state index in [1.54, 1.807) is 5.56 Å². The van der Waals surface area contributed by atoms with Crippen molar-refractivity contribution in [2.45, 2.75) is 45.4 Å². The van der Waals surface area contributed by atoms with Crippen LogP contribution in [0.15, 0.2) is 30.3 Å². The van der Waals surface area contributed by atoms with Crippen LogP contribution in [0, 0.1) is 17.3 Å². The van der Waals surface area contributed by atoms with Crippen molar-refractivity contribution < 1.29 is 0 Å². The first-order valence-electron chi connectivity index (χ1n) is 7.98. The van der Waals surface area contributed by atoms with E-state index in [-0.39, 0.29) is 0 Å². The van der Waals surface area contributed by atoms with Crippen molar-refractivity contribution in [1.82, 2.24) is 5.32 Å². The minimum atomic E-state index is 0.546. The lowest BCUT2D eigenvalue weighted by molar-refractivity contribution is 0.0184. The van der Waals surface area contributed by atoms with Crippen molar-refractivity contribution in [2.75, 3.05) is 13.1 Å². The maximum absolute atomic E-state index is 3.64. The molecule has 1 spiro atoms. The molecule has 1 heterocycles. The molecule has 1 aromatic rings. The van der Waals surface area contributed by atoms with Crippen LogP contribution < -0.4 is 5.32 Å². The topological polar surface area (TPSA) is 12.0 Å². The average Bonchev–Trinajstić information content (AvgIpc) is 2.45. The van der Waals surface area contributed by atoms with Gasteiger partial charge in [-0.2, -0.15) is 0 Å². The predicted octanol–water partition coefficient (Wildman–Crippen LogP) is 4.21. The zero-order chi connectivity index (χ0) is 13.3. The molecule has 3 rings (SSSR count). The van der Waals surface area contributed by atoms with Crippen LogP contribution in [-0.2, 0) is 0 Å². The van der Waals surface area contributed by atoms with Crippen molar-refractivity contribution >= 4 is 0 Å². The van der Waals surface area contributed by atoms with E-state index in [0.717, 1.165) is 11.8 Å². The van der Waals surface area contributed by atoms with Gasteiger partial charge in [0.15, 0.2) is 0 Å². The monoisotopic (exact) mass is 257 g/mol. The van der Waals surface area contributed by atoms with E-state index in [4.69, 9.17) is 0 Å². The first-order chi connectivity index (χ1) is 9.22. The van der Waals surface area contributed by atoms with Gasteiger partial charge in [-0.05, 0) is 48.6 Å². The van der Waals surface area contributed by atoms with Gasteiger partial charge in [0.25, 0.3) is 0 Å². The molecule has 1 nitrogen and oxygen atoms in total. The fraction of sp³-hybridized carbons (Fsp3) is 0.667. The van der Waals surface area contributed by atoms with Gasteiger partial charge in [0.1, 0.15) is 0 Å². The largest absolute Gasteiger partial charge is 0.316 e. The van der Waals surface area contributed by atoms with Crippen molar-refractivity contribution in [3.8, 4) is 0 Å². The summed E-state index contributed by atoms with van der Waals surface area (Å²) in [5, 5.41) is 3.64. The van der Waals surface area contributed by atoms with E-state index in [0.29, 0.717) is 11.3 Å². The Morgan fingerprint density at radius 2 is 1.89 bits per heavy atom. The van der Waals surface area contributed by atoms with E-state index in [9.17, 15) is 0 Å². The molecule has 0 aromatic heterocycles. The first kappa shape index (κ1) is 13.2. The molecule has 1 N–H and O–H groups in total. The molecule has 4 atom stereocenters. The van der Waals surface area contributed by atoms with E-state index in [2.05, 4.69) is 49.5 Å². The number of piperidine rings is 1. The second-order valence-corrected chi connectivity index (χ2v) is 6.94. The highest BCUT2D eigenvalue weighted by Crippen LogP contribution is 2.55. The summed E-state index contributed by atoms with van der Waals surface area (Å²) in [6.45, 7) is 7.34. The molecule has 1 heteroatoms. The molecular formula is C18H27N. The highest BCUT2D eigenvalue weighted by atomic mass is 14.9. The van der Waals surface area contributed by atoms with Crippen LogP contribution in [0.2, 0.25) is 0 Å². The Bertz CT molecular complexity index is 413. The lowest BCUT2D eigenvalue weighted by Crippen LogP contribution is -2.49. The van der Waals surface area contributed by atoms with Gasteiger partial charge in [0, 0.05) is 12.5 Å². The fourth-order valence-electron chi connectivity index (χ4n) is 4.69. The van der Waals surface area contributed by atoms with Crippen molar-refractivity contribution in [3.63, 3.8) is 0 Å². The quantitative estimate of drug-likeness (QED) is 0.795. The summed E-state index contributed by atoms with van der Waals surface area (Å²) in [6.07, 6.45) is 5.63. The van der Waals surface area contributed by atoms with Crippen molar-refractivity contribution in [2.24, 2.45) is 17.3 Å². The Labute approximate surface area is 117 Å². The van der Waals surface area contributed by atoms with E-state index in [1.165, 1.54) is 38.8 Å². The second kappa shape index (κ2) is 5.28. The van der Waals surface area contributed by atoms with Gasteiger partial charge in [-0.3, -0.25) is 0 Å². The lowest BCUT2D eigenvalue weighted by Gasteiger charge is -2.53. The molecule has 4 unspecified atom stereocenters. The highest BCUT2D eigenvalue weighted by molar-refractivity contribution is 5.24. The van der Waals surface area contributed by atoms with Gasteiger partial charge < -0.3 is 5.32 Å². The van der Waals surface area contributed by atoms with Gasteiger partial charge in [0.2, 0.25) is 0 Å². The number of rotatable bonds is 1. The SMILES string of the molecule is CC1CCC(C)C2(CCNCC2c2ccccc2)C1. The molecule has 104 valence electrons. The van der Waals surface area contributed by atoms with Gasteiger partial charge in [0.05, 0.1) is 0 Å². The fourth-order valence-corrected chi connectivity index (χ4v) is 4.69. The minimum Gasteiger partial charge on any atom is -0.316 e. The third kappa shape index (κ3) is 2.33. The summed E-state index contributed by atoms with van der Waals surface area (Å²) in [6, 6.07) is 11.2. The standard InChI is InChI=1S/C18H27N/c1-14-8-9-15(2)18(12-14)10-11-19-13-17(18)16-6-4-3-5-7-16/h3-7,14-15,17,19H,8-13H2,1-2H3. The molecule has 2 fully saturated rings. The maximum Gasteiger partial charge on any atom is 0.00256 e. The van der Waals surface area contributed by atoms with Gasteiger partial charge in [-0.1, -0.05) is 50.6 Å². The van der Waals surface area contributed by atoms with Crippen LogP contribution in [0.4, 0.5) is 0 Å². The Kier molecular flexibility index (Phi) is 3.66. The normalized spacial score (nSPS) is 39.4. The third-order valence-electron chi connectivity index (χ3n) is 5.81. The van der Waals surface area contributed by atoms with E-state index >= 15 is 0 Å². The molecule has 0 amide bonds. The molecule has 0 radical (unpaired) electrons. The molecule has 1 aromatic carbocycles. The molecule has 1 saturated heterocycles. The summed E-state index contributed by atoms with van der Waals surface area (Å²) in [4.78, 5) is 0. The summed E-state index contributed by atoms with van der Waals surface area (Å²) in [7, 11) is 0. The Balaban J connectivity index is 1.96. The lowest BCUT2D eigenvalue weighted by atomic mass is 9.54. The number of benzene rings is 1. The third-order valence-corrected chi connectivity index (χ3v) is 5.81. The predicted molar refractivity (Wildman–Crippen MR) is 81.3 cm³/mol. The second-order valence-electron chi connectivity index (χ2n) is 6.94. The zero-order valence-electron chi connectivity index (χ0n) is 12.4. The van der Waals surface area contributed by atoms with E-state index < -0.39 is 0 Å². The maximum atomic E-state index is 3.64. The summed E-state index contributed by atoms with van der Waals surface area (Å²) in [5.41, 5.74) is 2.10. The Morgan fingerprint density at radius 3 is 2.68 bits per heavy atom. The van der Waals surface area contributed by atoms with Crippen molar-refractivity contribution in [1.29, 1.82) is 0 Å². The van der Waals surface area contributed by atoms with Crippen LogP contribution in [0.25, 0.3) is 0 Å². The minimum absolute atomic E-state index is 0.546. The van der Waals surface area contributed by atoms with Crippen LogP contribution in [0.3, 0.4) is 0 Å². The summed E-state index contributed by atoms with van der Waals surface area (Å²) >= 11 is 0. The number of hydrogen-bond acceptors (Lipinski definition) is 1. The molecule has 0 bridgehead atoms. The van der Waals surface area contributed by atoms with Crippen LogP contribution in [0.5, 0.6) is 0 Å². The smallest absolute Gasteiger partial charge is 0.00256 e. The van der Waals surface area contributed by atoms with Crippen molar-refractivity contribution in [3.05, 3.63) is 35.9 Å². The molecule has 19 heavy (non-hydrogen) atoms. The zero-order valence-corrected chi connectivity index (χ0v) is 12.4. The highest BCUT2D eigenvalue weighted by Gasteiger charge is 2.47. The van der Waals surface area contributed by atoms with Crippen LogP contribution in [-0.4, -0.2) is 13.1 Å². The molecule has 2 aliphatic rings. The number of nitrogens with one attached hydrogen (secondary N) is 1. The summed E-state index contributed by atoms with van der Waals surface area (Å²) in [5.74, 6) is 2.48. The molecule has 1 saturated carbocycles. The first-order valence-corrected chi connectivity index (χ1v) is 7.98. The van der Waals surface area contributed by atoms with Crippen LogP contribution in [0.1, 0.15) is 51.0 Å². The molecular weight excluding hydrogens is 230 g/mol. The van der Waals surface area contributed by atoms with E-state index in [1.807, 2.05) is 0 Å². The Hall–Kier alpha value is -0.820. The van der Waals surface area contributed by atoms with Crippen LogP contribution >= 0.6 is 0 Å². The molecule has 1 aliphatic heterocycles. The summed E-state index contributed by atoms with van der Waals surface area (Å²) < 4.78 is 0. The van der Waals surface area contributed by atoms with Gasteiger partial charge in [-0.25, -0.2) is 0 Å². The van der Waals surface area contributed by atoms with Gasteiger partial charge in [-0.15, -0.1) is 0 Å². The average molecular weight is 257 g/mol.